The van der Waals surface area contributed by atoms with E-state index in [1.807, 2.05) is 0 Å². The predicted octanol–water partition coefficient (Wildman–Crippen LogP) is 0.324. The molecule has 3 N–H and O–H groups in total. The van der Waals surface area contributed by atoms with Crippen LogP contribution >= 0.6 is 0 Å². The summed E-state index contributed by atoms with van der Waals surface area (Å²) in [5, 5.41) is 3.02. The van der Waals surface area contributed by atoms with E-state index in [0.29, 0.717) is 6.04 Å². The van der Waals surface area contributed by atoms with Gasteiger partial charge in [0.2, 0.25) is 5.91 Å². The minimum absolute atomic E-state index is 0.0133. The zero-order valence-corrected chi connectivity index (χ0v) is 10.1. The van der Waals surface area contributed by atoms with Gasteiger partial charge in [-0.2, -0.15) is 0 Å². The highest BCUT2D eigenvalue weighted by Gasteiger charge is 2.27. The summed E-state index contributed by atoms with van der Waals surface area (Å²) in [6, 6.07) is -0.0431. The first-order valence-corrected chi connectivity index (χ1v) is 6.43. The summed E-state index contributed by atoms with van der Waals surface area (Å²) in [4.78, 5) is 14.0. The van der Waals surface area contributed by atoms with Crippen LogP contribution in [-0.2, 0) is 4.79 Å². The van der Waals surface area contributed by atoms with E-state index in [9.17, 15) is 4.79 Å². The number of likely N-dealkylation sites (tertiary alicyclic amines) is 1. The lowest BCUT2D eigenvalue weighted by atomic mass is 10.0. The average Bonchev–Trinajstić information content (AvgIpc) is 3.04. The molecule has 0 aromatic carbocycles. The predicted molar refractivity (Wildman–Crippen MR) is 64.0 cm³/mol. The molecule has 0 unspecified atom stereocenters. The van der Waals surface area contributed by atoms with E-state index in [4.69, 9.17) is 5.73 Å². The van der Waals surface area contributed by atoms with Gasteiger partial charge in [-0.15, -0.1) is 0 Å². The Bertz CT molecular complexity index is 243. The van der Waals surface area contributed by atoms with Crippen LogP contribution in [-0.4, -0.2) is 42.5 Å². The van der Waals surface area contributed by atoms with Crippen molar-refractivity contribution in [2.45, 2.75) is 44.7 Å². The number of rotatable bonds is 4. The summed E-state index contributed by atoms with van der Waals surface area (Å²) in [6.45, 7) is 5.26. The van der Waals surface area contributed by atoms with Gasteiger partial charge in [0.25, 0.3) is 0 Å². The Labute approximate surface area is 97.6 Å². The normalized spacial score (nSPS) is 25.4. The number of nitrogens with one attached hydrogen (secondary N) is 1. The highest BCUT2D eigenvalue weighted by Crippen LogP contribution is 2.30. The van der Waals surface area contributed by atoms with Gasteiger partial charge in [-0.25, -0.2) is 0 Å². The van der Waals surface area contributed by atoms with Crippen molar-refractivity contribution in [3.8, 4) is 0 Å². The molecule has 1 amide bonds. The lowest BCUT2D eigenvalue weighted by Crippen LogP contribution is -2.49. The Hall–Kier alpha value is -0.610. The molecule has 2 fully saturated rings. The molecule has 0 radical (unpaired) electrons. The van der Waals surface area contributed by atoms with E-state index in [-0.39, 0.29) is 11.9 Å². The van der Waals surface area contributed by atoms with Crippen LogP contribution in [0.5, 0.6) is 0 Å². The summed E-state index contributed by atoms with van der Waals surface area (Å²) in [7, 11) is 0. The summed E-state index contributed by atoms with van der Waals surface area (Å²) in [6.07, 6.45) is 4.99. The van der Waals surface area contributed by atoms with Crippen LogP contribution in [0.3, 0.4) is 0 Å². The lowest BCUT2D eigenvalue weighted by molar-refractivity contribution is -0.123. The maximum Gasteiger partial charge on any atom is 0.236 e. The van der Waals surface area contributed by atoms with E-state index >= 15 is 0 Å². The van der Waals surface area contributed by atoms with Gasteiger partial charge in [0.15, 0.2) is 0 Å². The van der Waals surface area contributed by atoms with Crippen molar-refractivity contribution in [3.63, 3.8) is 0 Å². The number of nitrogens with zero attached hydrogens (tertiary/aromatic N) is 1. The first-order chi connectivity index (χ1) is 7.65. The van der Waals surface area contributed by atoms with Crippen LogP contribution in [0.15, 0.2) is 0 Å². The molecule has 1 aliphatic heterocycles. The van der Waals surface area contributed by atoms with Gasteiger partial charge in [-0.05, 0) is 38.5 Å². The Balaban J connectivity index is 1.66. The average molecular weight is 225 g/mol. The molecular weight excluding hydrogens is 202 g/mol. The smallest absolute Gasteiger partial charge is 0.236 e. The molecule has 0 bridgehead atoms. The SMILES string of the molecule is C[C@@H](N)C(=O)NC1CCN(CC2CC2)CC1. The molecule has 16 heavy (non-hydrogen) atoms. The summed E-state index contributed by atoms with van der Waals surface area (Å²) in [5.74, 6) is 0.954. The molecule has 2 rings (SSSR count). The Morgan fingerprint density at radius 1 is 1.38 bits per heavy atom. The molecular formula is C12H23N3O. The van der Waals surface area contributed by atoms with Crippen LogP contribution in [0, 0.1) is 5.92 Å². The van der Waals surface area contributed by atoms with Crippen molar-refractivity contribution in [2.75, 3.05) is 19.6 Å². The fourth-order valence-electron chi connectivity index (χ4n) is 2.26. The Morgan fingerprint density at radius 2 is 2.00 bits per heavy atom. The molecule has 1 aliphatic carbocycles. The van der Waals surface area contributed by atoms with Crippen molar-refractivity contribution >= 4 is 5.91 Å². The van der Waals surface area contributed by atoms with Crippen molar-refractivity contribution < 1.29 is 4.79 Å². The third-order valence-electron chi connectivity index (χ3n) is 3.56. The standard InChI is InChI=1S/C12H23N3O/c1-9(13)12(16)14-11-4-6-15(7-5-11)8-10-2-3-10/h9-11H,2-8,13H2,1H3,(H,14,16)/t9-/m1/s1. The highest BCUT2D eigenvalue weighted by molar-refractivity contribution is 5.81. The van der Waals surface area contributed by atoms with E-state index in [0.717, 1.165) is 31.8 Å². The van der Waals surface area contributed by atoms with E-state index < -0.39 is 0 Å². The minimum atomic E-state index is -0.385. The van der Waals surface area contributed by atoms with Gasteiger partial charge in [0, 0.05) is 25.7 Å². The first-order valence-electron chi connectivity index (χ1n) is 6.43. The Morgan fingerprint density at radius 3 is 2.50 bits per heavy atom. The fraction of sp³-hybridized carbons (Fsp3) is 0.917. The summed E-state index contributed by atoms with van der Waals surface area (Å²) < 4.78 is 0. The Kier molecular flexibility index (Phi) is 3.82. The second-order valence-electron chi connectivity index (χ2n) is 5.32. The number of nitrogens with two attached hydrogens (primary N) is 1. The maximum absolute atomic E-state index is 11.4. The van der Waals surface area contributed by atoms with Crippen LogP contribution in [0.2, 0.25) is 0 Å². The molecule has 1 saturated carbocycles. The number of carbonyl (C=O) groups excluding carboxylic acids is 1. The number of amides is 1. The van der Waals surface area contributed by atoms with Gasteiger partial charge in [0.05, 0.1) is 6.04 Å². The molecule has 0 aromatic rings. The van der Waals surface area contributed by atoms with Gasteiger partial charge in [0.1, 0.15) is 0 Å². The molecule has 4 nitrogen and oxygen atoms in total. The zero-order valence-electron chi connectivity index (χ0n) is 10.1. The third kappa shape index (κ3) is 3.46. The monoisotopic (exact) mass is 225 g/mol. The highest BCUT2D eigenvalue weighted by atomic mass is 16.2. The molecule has 0 aromatic heterocycles. The topological polar surface area (TPSA) is 58.4 Å². The van der Waals surface area contributed by atoms with E-state index in [1.165, 1.54) is 19.4 Å². The van der Waals surface area contributed by atoms with Crippen molar-refractivity contribution in [2.24, 2.45) is 11.7 Å². The third-order valence-corrected chi connectivity index (χ3v) is 3.56. The molecule has 1 atom stereocenters. The minimum Gasteiger partial charge on any atom is -0.352 e. The summed E-state index contributed by atoms with van der Waals surface area (Å²) >= 11 is 0. The largest absolute Gasteiger partial charge is 0.352 e. The molecule has 1 heterocycles. The van der Waals surface area contributed by atoms with Crippen LogP contribution in [0.25, 0.3) is 0 Å². The van der Waals surface area contributed by atoms with E-state index in [1.54, 1.807) is 6.92 Å². The number of hydrogen-bond donors (Lipinski definition) is 2. The van der Waals surface area contributed by atoms with Crippen LogP contribution < -0.4 is 11.1 Å². The van der Waals surface area contributed by atoms with Gasteiger partial charge in [-0.3, -0.25) is 4.79 Å². The number of carbonyl (C=O) groups is 1. The molecule has 2 aliphatic rings. The maximum atomic E-state index is 11.4. The number of piperidine rings is 1. The summed E-state index contributed by atoms with van der Waals surface area (Å²) in [5.41, 5.74) is 5.53. The van der Waals surface area contributed by atoms with Crippen molar-refractivity contribution in [3.05, 3.63) is 0 Å². The molecule has 0 spiro atoms. The van der Waals surface area contributed by atoms with Crippen LogP contribution in [0.4, 0.5) is 0 Å². The first kappa shape index (κ1) is 11.9. The molecule has 1 saturated heterocycles. The van der Waals surface area contributed by atoms with Gasteiger partial charge < -0.3 is 16.0 Å². The zero-order chi connectivity index (χ0) is 11.5. The quantitative estimate of drug-likeness (QED) is 0.724. The lowest BCUT2D eigenvalue weighted by Gasteiger charge is -2.32. The van der Waals surface area contributed by atoms with Crippen molar-refractivity contribution in [1.82, 2.24) is 10.2 Å². The fourth-order valence-corrected chi connectivity index (χ4v) is 2.26. The molecule has 92 valence electrons. The van der Waals surface area contributed by atoms with Crippen LogP contribution in [0.1, 0.15) is 32.6 Å². The van der Waals surface area contributed by atoms with Crippen molar-refractivity contribution in [1.29, 1.82) is 0 Å². The van der Waals surface area contributed by atoms with Gasteiger partial charge >= 0.3 is 0 Å². The van der Waals surface area contributed by atoms with E-state index in [2.05, 4.69) is 10.2 Å². The second-order valence-corrected chi connectivity index (χ2v) is 5.32. The van der Waals surface area contributed by atoms with Gasteiger partial charge in [-0.1, -0.05) is 0 Å². The number of hydrogen-bond acceptors (Lipinski definition) is 3. The second kappa shape index (κ2) is 5.15. The molecule has 4 heteroatoms.